The second-order valence-electron chi connectivity index (χ2n) is 5.94. The van der Waals surface area contributed by atoms with E-state index in [0.717, 1.165) is 17.7 Å². The molecule has 1 aliphatic carbocycles. The Labute approximate surface area is 132 Å². The van der Waals surface area contributed by atoms with Crippen molar-refractivity contribution in [3.05, 3.63) is 35.2 Å². The number of rotatable bonds is 3. The van der Waals surface area contributed by atoms with Gasteiger partial charge in [0.1, 0.15) is 0 Å². The summed E-state index contributed by atoms with van der Waals surface area (Å²) in [7, 11) is 0. The van der Waals surface area contributed by atoms with E-state index >= 15 is 0 Å². The van der Waals surface area contributed by atoms with E-state index in [4.69, 9.17) is 0 Å². The normalized spacial score (nSPS) is 15.2. The molecular weight excluding hydrogens is 298 g/mol. The molecule has 2 heterocycles. The lowest BCUT2D eigenvalue weighted by atomic mass is 10.2. The molecule has 1 fully saturated rings. The van der Waals surface area contributed by atoms with Gasteiger partial charge in [-0.25, -0.2) is 0 Å². The van der Waals surface area contributed by atoms with Gasteiger partial charge in [0, 0.05) is 26.9 Å². The molecule has 0 bridgehead atoms. The van der Waals surface area contributed by atoms with Gasteiger partial charge in [-0.1, -0.05) is 18.2 Å². The highest BCUT2D eigenvalue weighted by atomic mass is 32.1. The number of benzene rings is 1. The summed E-state index contributed by atoms with van der Waals surface area (Å²) in [6, 6.07) is 11.3. The van der Waals surface area contributed by atoms with Crippen LogP contribution in [0.1, 0.15) is 36.4 Å². The van der Waals surface area contributed by atoms with Gasteiger partial charge < -0.3 is 4.90 Å². The molecule has 4 heteroatoms. The largest absolute Gasteiger partial charge is 0.333 e. The fraction of sp³-hybridized carbons (Fsp3) is 0.353. The lowest BCUT2D eigenvalue weighted by Gasteiger charge is -2.26. The molecule has 21 heavy (non-hydrogen) atoms. The van der Waals surface area contributed by atoms with Crippen molar-refractivity contribution in [2.24, 2.45) is 0 Å². The number of carbonyl (C=O) groups excluding carboxylic acids is 1. The predicted octanol–water partition coefficient (Wildman–Crippen LogP) is 5.13. The van der Waals surface area contributed by atoms with Crippen molar-refractivity contribution in [3.63, 3.8) is 0 Å². The highest BCUT2D eigenvalue weighted by molar-refractivity contribution is 7.33. The van der Waals surface area contributed by atoms with Crippen molar-refractivity contribution in [3.8, 4) is 0 Å². The van der Waals surface area contributed by atoms with Gasteiger partial charge in [-0.3, -0.25) is 4.79 Å². The summed E-state index contributed by atoms with van der Waals surface area (Å²) >= 11 is 3.44. The fourth-order valence-corrected chi connectivity index (χ4v) is 5.38. The Bertz CT molecular complexity index is 824. The summed E-state index contributed by atoms with van der Waals surface area (Å²) in [5, 5.41) is 1.28. The molecule has 2 aromatic heterocycles. The monoisotopic (exact) mass is 315 g/mol. The minimum Gasteiger partial charge on any atom is -0.333 e. The third-order valence-electron chi connectivity index (χ3n) is 3.99. The SMILES string of the molecule is CC(C)N(C(=O)c1cc2sc3ccccc3c2s1)C1CC1. The molecular formula is C17H17NOS2. The Hall–Kier alpha value is -1.39. The van der Waals surface area contributed by atoms with Crippen molar-refractivity contribution in [1.82, 2.24) is 4.90 Å². The van der Waals surface area contributed by atoms with Crippen LogP contribution < -0.4 is 0 Å². The Kier molecular flexibility index (Phi) is 3.05. The summed E-state index contributed by atoms with van der Waals surface area (Å²) in [5.41, 5.74) is 0. The second-order valence-corrected chi connectivity index (χ2v) is 8.08. The summed E-state index contributed by atoms with van der Waals surface area (Å²) in [5.74, 6) is 0.213. The van der Waals surface area contributed by atoms with Gasteiger partial charge in [0.25, 0.3) is 5.91 Å². The molecule has 3 aromatic rings. The molecule has 0 unspecified atom stereocenters. The lowest BCUT2D eigenvalue weighted by molar-refractivity contribution is 0.0695. The Morgan fingerprint density at radius 2 is 1.95 bits per heavy atom. The number of fused-ring (bicyclic) bond motifs is 3. The molecule has 0 radical (unpaired) electrons. The average Bonchev–Trinajstić information content (AvgIpc) is 3.09. The molecule has 108 valence electrons. The molecule has 0 atom stereocenters. The zero-order valence-electron chi connectivity index (χ0n) is 12.1. The van der Waals surface area contributed by atoms with E-state index in [9.17, 15) is 4.79 Å². The Morgan fingerprint density at radius 1 is 1.19 bits per heavy atom. The van der Waals surface area contributed by atoms with Gasteiger partial charge in [0.15, 0.2) is 0 Å². The fourth-order valence-electron chi connectivity index (χ4n) is 2.91. The van der Waals surface area contributed by atoms with Crippen LogP contribution >= 0.6 is 22.7 Å². The predicted molar refractivity (Wildman–Crippen MR) is 91.5 cm³/mol. The number of carbonyl (C=O) groups is 1. The van der Waals surface area contributed by atoms with Crippen LogP contribution in [-0.2, 0) is 0 Å². The van der Waals surface area contributed by atoms with Gasteiger partial charge in [0.05, 0.1) is 9.58 Å². The summed E-state index contributed by atoms with van der Waals surface area (Å²) in [4.78, 5) is 15.8. The second kappa shape index (κ2) is 4.82. The average molecular weight is 315 g/mol. The summed E-state index contributed by atoms with van der Waals surface area (Å²) in [6.07, 6.45) is 2.32. The van der Waals surface area contributed by atoms with Crippen LogP contribution in [0.5, 0.6) is 0 Å². The van der Waals surface area contributed by atoms with Crippen molar-refractivity contribution < 1.29 is 4.79 Å². The van der Waals surface area contributed by atoms with Crippen molar-refractivity contribution in [2.45, 2.75) is 38.8 Å². The molecule has 4 rings (SSSR count). The molecule has 0 spiro atoms. The Morgan fingerprint density at radius 3 is 2.67 bits per heavy atom. The van der Waals surface area contributed by atoms with E-state index in [1.807, 2.05) is 0 Å². The first-order chi connectivity index (χ1) is 10.1. The van der Waals surface area contributed by atoms with E-state index in [2.05, 4.69) is 49.1 Å². The van der Waals surface area contributed by atoms with Gasteiger partial charge in [0.2, 0.25) is 0 Å². The van der Waals surface area contributed by atoms with E-state index in [1.165, 1.54) is 19.5 Å². The molecule has 1 saturated carbocycles. The van der Waals surface area contributed by atoms with Gasteiger partial charge in [-0.15, -0.1) is 22.7 Å². The van der Waals surface area contributed by atoms with Gasteiger partial charge in [-0.05, 0) is 38.8 Å². The summed E-state index contributed by atoms with van der Waals surface area (Å²) in [6.45, 7) is 4.23. The first kappa shape index (κ1) is 13.3. The number of nitrogens with zero attached hydrogens (tertiary/aromatic N) is 1. The van der Waals surface area contributed by atoms with E-state index in [-0.39, 0.29) is 11.9 Å². The maximum absolute atomic E-state index is 12.8. The zero-order chi connectivity index (χ0) is 14.6. The summed E-state index contributed by atoms with van der Waals surface area (Å²) < 4.78 is 3.81. The van der Waals surface area contributed by atoms with Crippen LogP contribution in [0, 0.1) is 0 Å². The third kappa shape index (κ3) is 2.17. The molecule has 0 aliphatic heterocycles. The van der Waals surface area contributed by atoms with Gasteiger partial charge >= 0.3 is 0 Å². The van der Waals surface area contributed by atoms with E-state index in [0.29, 0.717) is 6.04 Å². The smallest absolute Gasteiger partial charge is 0.264 e. The van der Waals surface area contributed by atoms with Crippen molar-refractivity contribution in [2.75, 3.05) is 0 Å². The van der Waals surface area contributed by atoms with Crippen LogP contribution in [0.2, 0.25) is 0 Å². The minimum absolute atomic E-state index is 0.213. The molecule has 0 saturated heterocycles. The molecule has 1 aliphatic rings. The van der Waals surface area contributed by atoms with E-state index < -0.39 is 0 Å². The van der Waals surface area contributed by atoms with Crippen LogP contribution in [0.15, 0.2) is 30.3 Å². The number of amides is 1. The maximum atomic E-state index is 12.8. The van der Waals surface area contributed by atoms with E-state index in [1.54, 1.807) is 22.7 Å². The maximum Gasteiger partial charge on any atom is 0.264 e. The highest BCUT2D eigenvalue weighted by Gasteiger charge is 2.35. The number of thiophene rings is 2. The molecule has 1 amide bonds. The zero-order valence-corrected chi connectivity index (χ0v) is 13.8. The van der Waals surface area contributed by atoms with Crippen molar-refractivity contribution in [1.29, 1.82) is 0 Å². The van der Waals surface area contributed by atoms with Crippen LogP contribution in [0.25, 0.3) is 19.5 Å². The van der Waals surface area contributed by atoms with Crippen LogP contribution in [-0.4, -0.2) is 22.9 Å². The quantitative estimate of drug-likeness (QED) is 0.656. The Balaban J connectivity index is 1.78. The lowest BCUT2D eigenvalue weighted by Crippen LogP contribution is -2.38. The number of hydrogen-bond acceptors (Lipinski definition) is 3. The topological polar surface area (TPSA) is 20.3 Å². The standard InChI is InChI=1S/C17H17NOS2/c1-10(2)18(11-7-8-11)17(19)15-9-14-16(21-15)12-5-3-4-6-13(12)20-14/h3-6,9-11H,7-8H2,1-2H3. The molecule has 1 aromatic carbocycles. The van der Waals surface area contributed by atoms with Crippen molar-refractivity contribution >= 4 is 48.1 Å². The minimum atomic E-state index is 0.213. The van der Waals surface area contributed by atoms with Gasteiger partial charge in [-0.2, -0.15) is 0 Å². The first-order valence-corrected chi connectivity index (χ1v) is 9.02. The van der Waals surface area contributed by atoms with Crippen LogP contribution in [0.3, 0.4) is 0 Å². The molecule has 2 nitrogen and oxygen atoms in total. The molecule has 0 N–H and O–H groups in total. The third-order valence-corrected chi connectivity index (χ3v) is 6.39. The number of hydrogen-bond donors (Lipinski definition) is 0. The highest BCUT2D eigenvalue weighted by Crippen LogP contribution is 2.40. The first-order valence-electron chi connectivity index (χ1n) is 7.39. The van der Waals surface area contributed by atoms with Crippen LogP contribution in [0.4, 0.5) is 0 Å².